The quantitative estimate of drug-likeness (QED) is 0.0153. The third-order valence-electron chi connectivity index (χ3n) is 9.33. The minimum atomic E-state index is -1.17. The third-order valence-corrected chi connectivity index (χ3v) is 9.33. The monoisotopic (exact) mass is 1560 g/mol. The Bertz CT molecular complexity index is 1250. The Kier molecular flexibility index (Phi) is 122. The van der Waals surface area contributed by atoms with E-state index >= 15 is 0 Å². The maximum atomic E-state index is 8.36. The summed E-state index contributed by atoms with van der Waals surface area (Å²) in [5.74, 6) is 0. The first-order chi connectivity index (χ1) is 48.9. The second kappa shape index (κ2) is 103. The zero-order valence-electron chi connectivity index (χ0n) is 57.8. The zero-order chi connectivity index (χ0) is 80.6. The van der Waals surface area contributed by atoms with Gasteiger partial charge in [0.25, 0.3) is 0 Å². The molecule has 1 fully saturated rings. The van der Waals surface area contributed by atoms with E-state index in [0.717, 1.165) is 25.7 Å². The fraction of sp³-hybridized carbons (Fsp3) is 1.00. The Balaban J connectivity index is -0.000000115. The van der Waals surface area contributed by atoms with E-state index in [0.29, 0.717) is 77.0 Å². The molecule has 0 radical (unpaired) electrons. The van der Waals surface area contributed by atoms with Gasteiger partial charge in [0.15, 0.2) is 0 Å². The minimum Gasteiger partial charge on any atom is -0.249 e. The van der Waals surface area contributed by atoms with Crippen LogP contribution < -0.4 is 0 Å². The molecule has 0 aromatic rings. The minimum absolute atomic E-state index is 0.135. The molecule has 1 saturated heterocycles. The molecular weight excluding hydrogens is 1450 g/mol. The average Bonchev–Trinajstić information content (AvgIpc) is 1.92. The van der Waals surface area contributed by atoms with Crippen molar-refractivity contribution < 1.29 is 283 Å². The van der Waals surface area contributed by atoms with Crippen molar-refractivity contribution in [2.45, 2.75) is 299 Å². The van der Waals surface area contributed by atoms with E-state index in [-0.39, 0.29) is 12.8 Å². The molecule has 56 nitrogen and oxygen atoms in total. The van der Waals surface area contributed by atoms with E-state index in [2.05, 4.69) is 156 Å². The number of rotatable bonds is 49. The van der Waals surface area contributed by atoms with E-state index in [1.807, 2.05) is 27.7 Å². The maximum Gasteiger partial charge on any atom is 0.224 e. The van der Waals surface area contributed by atoms with Gasteiger partial charge in [0.1, 0.15) is 0 Å². The first kappa shape index (κ1) is 121. The van der Waals surface area contributed by atoms with Crippen LogP contribution in [0.4, 0.5) is 0 Å². The number of hydrogen-bond donors (Lipinski definition) is 24. The van der Waals surface area contributed by atoms with Crippen LogP contribution in [0.1, 0.15) is 199 Å². The van der Waals surface area contributed by atoms with Crippen molar-refractivity contribution in [3.8, 4) is 0 Å². The maximum absolute atomic E-state index is 8.36. The molecule has 1 aliphatic heterocycles. The molecule has 1 aliphatic rings. The largest absolute Gasteiger partial charge is 0.249 e. The average molecular weight is 1560 g/mol. The summed E-state index contributed by atoms with van der Waals surface area (Å²) < 4.78 is 0. The Hall–Kier alpha value is -2.24. The third kappa shape index (κ3) is 95.8. The fourth-order valence-electron chi connectivity index (χ4n) is 4.08. The van der Waals surface area contributed by atoms with Crippen LogP contribution in [-0.4, -0.2) is 227 Å². The molecule has 8 atom stereocenters. The summed E-state index contributed by atoms with van der Waals surface area (Å²) >= 11 is 0. The van der Waals surface area contributed by atoms with E-state index in [9.17, 15) is 0 Å². The van der Waals surface area contributed by atoms with Gasteiger partial charge in [-0.2, -0.15) is 39.1 Å². The van der Waals surface area contributed by atoms with E-state index < -0.39 is 101 Å². The van der Waals surface area contributed by atoms with Crippen molar-refractivity contribution in [3.63, 3.8) is 0 Å². The van der Waals surface area contributed by atoms with Crippen molar-refractivity contribution in [2.24, 2.45) is 0 Å². The van der Waals surface area contributed by atoms with Gasteiger partial charge in [-0.25, -0.2) is 243 Å². The molecule has 0 aromatic heterocycles. The summed E-state index contributed by atoms with van der Waals surface area (Å²) in [6.45, 7) is 19.9. The molecular formula is C46H112O56. The van der Waals surface area contributed by atoms with Crippen molar-refractivity contribution in [3.05, 3.63) is 0 Å². The highest BCUT2D eigenvalue weighted by Gasteiger charge is 2.22. The van der Waals surface area contributed by atoms with E-state index in [4.69, 9.17) is 126 Å². The van der Waals surface area contributed by atoms with Gasteiger partial charge in [-0.05, 0) is 40.5 Å². The van der Waals surface area contributed by atoms with Gasteiger partial charge >= 0.3 is 0 Å². The second-order valence-corrected chi connectivity index (χ2v) is 17.4. The highest BCUT2D eigenvalue weighted by atomic mass is 17.3. The van der Waals surface area contributed by atoms with Gasteiger partial charge in [-0.3, -0.25) is 0 Å². The molecule has 0 bridgehead atoms. The molecule has 0 saturated carbocycles. The van der Waals surface area contributed by atoms with Crippen LogP contribution in [0.25, 0.3) is 0 Å². The van der Waals surface area contributed by atoms with Gasteiger partial charge in [-0.15, -0.1) is 0 Å². The van der Waals surface area contributed by atoms with Gasteiger partial charge in [0.05, 0.1) is 0 Å². The van der Waals surface area contributed by atoms with Crippen LogP contribution in [-0.2, 0) is 156 Å². The number of hydrogen-bond acceptors (Lipinski definition) is 56. The van der Waals surface area contributed by atoms with Crippen molar-refractivity contribution in [1.29, 1.82) is 0 Å². The standard InChI is InChI=1S/C8H18O6.C6H14O6.C5H12O8.C5H10O6.C4H10O6.2C4H10O4.2C3H8O4.2C2H6O4/c1-3-5-7(11-9)13-14-8(12-10)6-4-2;1-3-5(9-7)11-12-6(4-2)10-8;6-10-4(11-7)2-1-3-5(12-8)13-9;6-8-4-2-1-3-5(9-7)11-10-4;1-3(7-5)9-10-4(2)8-6;2*1-2-3-4(7-5)8-6;2*1-2-3(6-4)7-5;2*1-2(5-3)6-4/h7-10H,3-6H2,1-2H3;5-8H,3-4H2,1-2H3;4-9H,1-3H2;4-7H,1-3H2;3-6H,1-2H3;2*4-6H,2-3H2,1H3;2*3-5H,2H2,1H3;2*2-4H,1H3. The Morgan fingerprint density at radius 1 is 0.235 bits per heavy atom. The zero-order valence-corrected chi connectivity index (χ0v) is 57.8. The summed E-state index contributed by atoms with van der Waals surface area (Å²) in [5, 5.41) is 190. The highest BCUT2D eigenvalue weighted by Crippen LogP contribution is 2.17. The van der Waals surface area contributed by atoms with Crippen LogP contribution in [0.15, 0.2) is 0 Å². The topological polar surface area (TPSA) is 781 Å². The van der Waals surface area contributed by atoms with Crippen LogP contribution in [0.3, 0.4) is 0 Å². The predicted molar refractivity (Wildman–Crippen MR) is 310 cm³/mol. The smallest absolute Gasteiger partial charge is 0.224 e. The molecule has 56 heteroatoms. The lowest BCUT2D eigenvalue weighted by molar-refractivity contribution is -0.509. The molecule has 0 amide bonds. The molecule has 8 unspecified atom stereocenters. The lowest BCUT2D eigenvalue weighted by Crippen LogP contribution is -2.22. The van der Waals surface area contributed by atoms with Crippen molar-refractivity contribution in [1.82, 2.24) is 0 Å². The van der Waals surface area contributed by atoms with Gasteiger partial charge in [0, 0.05) is 77.0 Å². The van der Waals surface area contributed by atoms with Gasteiger partial charge in [0.2, 0.25) is 101 Å². The first-order valence-corrected chi connectivity index (χ1v) is 29.5. The summed E-state index contributed by atoms with van der Waals surface area (Å²) in [7, 11) is 0. The lowest BCUT2D eigenvalue weighted by Gasteiger charge is -2.16. The van der Waals surface area contributed by atoms with E-state index in [1.165, 1.54) is 27.7 Å². The predicted octanol–water partition coefficient (Wildman–Crippen LogP) is 9.89. The van der Waals surface area contributed by atoms with Crippen LogP contribution >= 0.6 is 0 Å². The molecule has 24 N–H and O–H groups in total. The molecule has 1 rings (SSSR count). The summed E-state index contributed by atoms with van der Waals surface area (Å²) in [6.07, 6.45) is -5.75. The Labute approximate surface area is 581 Å². The molecule has 0 aliphatic carbocycles. The molecule has 632 valence electrons. The fourth-order valence-corrected chi connectivity index (χ4v) is 4.08. The summed E-state index contributed by atoms with van der Waals surface area (Å²) in [6, 6.07) is 0. The Morgan fingerprint density at radius 3 is 0.578 bits per heavy atom. The second-order valence-electron chi connectivity index (χ2n) is 17.4. The van der Waals surface area contributed by atoms with Gasteiger partial charge < -0.3 is 0 Å². The molecule has 0 spiro atoms. The van der Waals surface area contributed by atoms with Crippen LogP contribution in [0.2, 0.25) is 0 Å². The molecule has 1 heterocycles. The normalized spacial score (nSPS) is 14.9. The van der Waals surface area contributed by atoms with Crippen LogP contribution in [0.5, 0.6) is 0 Å². The molecule has 0 aromatic carbocycles. The van der Waals surface area contributed by atoms with Crippen LogP contribution in [0, 0.1) is 0 Å². The van der Waals surface area contributed by atoms with Crippen molar-refractivity contribution in [2.75, 3.05) is 0 Å². The van der Waals surface area contributed by atoms with Crippen molar-refractivity contribution >= 4 is 0 Å². The Morgan fingerprint density at radius 2 is 0.431 bits per heavy atom. The van der Waals surface area contributed by atoms with E-state index in [1.54, 1.807) is 27.7 Å². The molecule has 102 heavy (non-hydrogen) atoms. The summed E-state index contributed by atoms with van der Waals surface area (Å²) in [4.78, 5) is 124. The lowest BCUT2D eigenvalue weighted by atomic mass is 10.2. The SMILES string of the molecule is CC(OO)OO.CC(OO)OO.CC(OO)OOC(C)OO.CCC(OO)OO.CCC(OO)OO.CCC(OO)OOC(CC)OO.CCCC(OO)OO.CCCC(OO)OO.CCCC(OO)OOC(CCC)OO.OOC(CCCC(OO)OO)OO.OOC1CCCC(OO)OO1. The highest BCUT2D eigenvalue weighted by molar-refractivity contribution is 4.50. The first-order valence-electron chi connectivity index (χ1n) is 29.5. The van der Waals surface area contributed by atoms with Gasteiger partial charge in [-0.1, -0.05) is 81.1 Å². The summed E-state index contributed by atoms with van der Waals surface area (Å²) in [5.41, 5.74) is 0.